The average molecular weight is 276 g/mol. The quantitative estimate of drug-likeness (QED) is 0.799. The predicted molar refractivity (Wildman–Crippen MR) is 76.1 cm³/mol. The molecule has 0 aliphatic heterocycles. The summed E-state index contributed by atoms with van der Waals surface area (Å²) in [6.07, 6.45) is 3.70. The van der Waals surface area contributed by atoms with Gasteiger partial charge in [-0.05, 0) is 31.2 Å². The van der Waals surface area contributed by atoms with Crippen molar-refractivity contribution in [2.24, 2.45) is 0 Å². The SMILES string of the molecule is CC(Cn1cccn1)n1c(N)nc2cc(Cl)ccc21. The topological polar surface area (TPSA) is 61.7 Å². The molecule has 98 valence electrons. The van der Waals surface area contributed by atoms with E-state index in [4.69, 9.17) is 17.3 Å². The van der Waals surface area contributed by atoms with E-state index in [1.807, 2.05) is 39.7 Å². The Bertz CT molecular complexity index is 701. The number of hydrogen-bond acceptors (Lipinski definition) is 3. The Hall–Kier alpha value is -2.01. The van der Waals surface area contributed by atoms with Crippen LogP contribution in [0.1, 0.15) is 13.0 Å². The molecule has 0 aliphatic carbocycles. The summed E-state index contributed by atoms with van der Waals surface area (Å²) >= 11 is 5.97. The van der Waals surface area contributed by atoms with Crippen molar-refractivity contribution in [3.8, 4) is 0 Å². The molecule has 0 spiro atoms. The van der Waals surface area contributed by atoms with Crippen LogP contribution in [0.15, 0.2) is 36.7 Å². The number of benzene rings is 1. The molecule has 0 aliphatic rings. The number of imidazole rings is 1. The van der Waals surface area contributed by atoms with E-state index in [0.717, 1.165) is 17.6 Å². The molecule has 1 unspecified atom stereocenters. The van der Waals surface area contributed by atoms with Gasteiger partial charge in [0, 0.05) is 17.4 Å². The van der Waals surface area contributed by atoms with E-state index in [9.17, 15) is 0 Å². The molecule has 0 saturated heterocycles. The van der Waals surface area contributed by atoms with Gasteiger partial charge in [0.15, 0.2) is 0 Å². The maximum Gasteiger partial charge on any atom is 0.201 e. The van der Waals surface area contributed by atoms with Crippen LogP contribution < -0.4 is 5.73 Å². The summed E-state index contributed by atoms with van der Waals surface area (Å²) in [6.45, 7) is 2.83. The number of hydrogen-bond donors (Lipinski definition) is 1. The van der Waals surface area contributed by atoms with Crippen molar-refractivity contribution in [1.29, 1.82) is 0 Å². The summed E-state index contributed by atoms with van der Waals surface area (Å²) in [6, 6.07) is 7.68. The van der Waals surface area contributed by atoms with Gasteiger partial charge < -0.3 is 10.3 Å². The summed E-state index contributed by atoms with van der Waals surface area (Å²) in [4.78, 5) is 4.35. The lowest BCUT2D eigenvalue weighted by molar-refractivity contribution is 0.450. The molecule has 3 aromatic rings. The van der Waals surface area contributed by atoms with Crippen LogP contribution >= 0.6 is 11.6 Å². The number of nitrogens with zero attached hydrogens (tertiary/aromatic N) is 4. The van der Waals surface area contributed by atoms with Crippen LogP contribution in [0.5, 0.6) is 0 Å². The first-order valence-electron chi connectivity index (χ1n) is 6.05. The second-order valence-corrected chi connectivity index (χ2v) is 4.99. The lowest BCUT2D eigenvalue weighted by atomic mass is 10.2. The molecule has 0 fully saturated rings. The Morgan fingerprint density at radius 2 is 2.26 bits per heavy atom. The van der Waals surface area contributed by atoms with Gasteiger partial charge in [-0.15, -0.1) is 0 Å². The third kappa shape index (κ3) is 2.17. The van der Waals surface area contributed by atoms with Crippen molar-refractivity contribution in [2.75, 3.05) is 5.73 Å². The first-order chi connectivity index (χ1) is 9.15. The summed E-state index contributed by atoms with van der Waals surface area (Å²) < 4.78 is 3.89. The van der Waals surface area contributed by atoms with Crippen molar-refractivity contribution in [3.63, 3.8) is 0 Å². The van der Waals surface area contributed by atoms with E-state index in [1.165, 1.54) is 0 Å². The third-order valence-electron chi connectivity index (χ3n) is 3.13. The Balaban J connectivity index is 2.01. The average Bonchev–Trinajstić information content (AvgIpc) is 2.95. The molecule has 19 heavy (non-hydrogen) atoms. The van der Waals surface area contributed by atoms with Crippen LogP contribution in [0.25, 0.3) is 11.0 Å². The molecule has 6 heteroatoms. The first-order valence-corrected chi connectivity index (χ1v) is 6.43. The highest BCUT2D eigenvalue weighted by atomic mass is 35.5. The number of fused-ring (bicyclic) bond motifs is 1. The summed E-state index contributed by atoms with van der Waals surface area (Å²) in [5.41, 5.74) is 7.82. The number of nitrogen functional groups attached to an aromatic ring is 1. The molecule has 0 saturated carbocycles. The lowest BCUT2D eigenvalue weighted by Crippen LogP contribution is -2.15. The lowest BCUT2D eigenvalue weighted by Gasteiger charge is -2.16. The number of nitrogens with two attached hydrogens (primary N) is 1. The smallest absolute Gasteiger partial charge is 0.201 e. The normalized spacial score (nSPS) is 12.9. The number of aromatic nitrogens is 4. The van der Waals surface area contributed by atoms with Gasteiger partial charge >= 0.3 is 0 Å². The van der Waals surface area contributed by atoms with Crippen molar-refractivity contribution in [2.45, 2.75) is 19.5 Å². The van der Waals surface area contributed by atoms with Crippen LogP contribution in [0, 0.1) is 0 Å². The van der Waals surface area contributed by atoms with E-state index in [0.29, 0.717) is 11.0 Å². The van der Waals surface area contributed by atoms with Gasteiger partial charge in [0.2, 0.25) is 5.95 Å². The highest BCUT2D eigenvalue weighted by Gasteiger charge is 2.14. The standard InChI is InChI=1S/C13H14ClN5/c1-9(8-18-6-2-5-16-18)19-12-4-3-10(14)7-11(12)17-13(19)15/h2-7,9H,8H2,1H3,(H2,15,17). The van der Waals surface area contributed by atoms with E-state index in [1.54, 1.807) is 6.20 Å². The molecule has 2 heterocycles. The number of anilines is 1. The number of rotatable bonds is 3. The first kappa shape index (κ1) is 12.0. The fourth-order valence-electron chi connectivity index (χ4n) is 2.31. The Labute approximate surface area is 115 Å². The molecule has 0 bridgehead atoms. The molecule has 2 aromatic heterocycles. The summed E-state index contributed by atoms with van der Waals surface area (Å²) in [5.74, 6) is 0.497. The molecule has 3 rings (SSSR count). The zero-order valence-corrected chi connectivity index (χ0v) is 11.2. The second kappa shape index (κ2) is 4.59. The van der Waals surface area contributed by atoms with Gasteiger partial charge in [-0.25, -0.2) is 4.98 Å². The maximum atomic E-state index is 6.01. The molecule has 1 atom stereocenters. The minimum Gasteiger partial charge on any atom is -0.369 e. The van der Waals surface area contributed by atoms with Crippen LogP contribution in [0.2, 0.25) is 5.02 Å². The highest BCUT2D eigenvalue weighted by Crippen LogP contribution is 2.25. The van der Waals surface area contributed by atoms with Crippen LogP contribution in [0.3, 0.4) is 0 Å². The van der Waals surface area contributed by atoms with Crippen LogP contribution in [0.4, 0.5) is 5.95 Å². The van der Waals surface area contributed by atoms with Crippen molar-refractivity contribution in [1.82, 2.24) is 19.3 Å². The third-order valence-corrected chi connectivity index (χ3v) is 3.37. The summed E-state index contributed by atoms with van der Waals surface area (Å²) in [7, 11) is 0. The fraction of sp³-hybridized carbons (Fsp3) is 0.231. The minimum atomic E-state index is 0.158. The van der Waals surface area contributed by atoms with Gasteiger partial charge in [-0.1, -0.05) is 11.6 Å². The van der Waals surface area contributed by atoms with E-state index < -0.39 is 0 Å². The van der Waals surface area contributed by atoms with Crippen LogP contribution in [-0.2, 0) is 6.54 Å². The molecular formula is C13H14ClN5. The zero-order valence-electron chi connectivity index (χ0n) is 10.5. The molecular weight excluding hydrogens is 262 g/mol. The van der Waals surface area contributed by atoms with E-state index in [-0.39, 0.29) is 6.04 Å². The van der Waals surface area contributed by atoms with Gasteiger partial charge in [0.05, 0.1) is 23.6 Å². The van der Waals surface area contributed by atoms with Crippen LogP contribution in [-0.4, -0.2) is 19.3 Å². The number of halogens is 1. The van der Waals surface area contributed by atoms with Crippen molar-refractivity contribution < 1.29 is 0 Å². The Kier molecular flexibility index (Phi) is 2.91. The largest absolute Gasteiger partial charge is 0.369 e. The zero-order chi connectivity index (χ0) is 13.4. The fourth-order valence-corrected chi connectivity index (χ4v) is 2.48. The van der Waals surface area contributed by atoms with Gasteiger partial charge in [-0.2, -0.15) is 5.10 Å². The van der Waals surface area contributed by atoms with E-state index in [2.05, 4.69) is 17.0 Å². The van der Waals surface area contributed by atoms with Gasteiger partial charge in [0.1, 0.15) is 0 Å². The van der Waals surface area contributed by atoms with Gasteiger partial charge in [0.25, 0.3) is 0 Å². The highest BCUT2D eigenvalue weighted by molar-refractivity contribution is 6.31. The molecule has 0 amide bonds. The monoisotopic (exact) mass is 275 g/mol. The predicted octanol–water partition coefficient (Wildman–Crippen LogP) is 2.73. The van der Waals surface area contributed by atoms with Crippen molar-refractivity contribution in [3.05, 3.63) is 41.7 Å². The molecule has 2 N–H and O–H groups in total. The van der Waals surface area contributed by atoms with Gasteiger partial charge in [-0.3, -0.25) is 4.68 Å². The molecule has 0 radical (unpaired) electrons. The van der Waals surface area contributed by atoms with Crippen molar-refractivity contribution >= 4 is 28.6 Å². The molecule has 5 nitrogen and oxygen atoms in total. The maximum absolute atomic E-state index is 6.01. The van der Waals surface area contributed by atoms with E-state index >= 15 is 0 Å². The minimum absolute atomic E-state index is 0.158. The Morgan fingerprint density at radius 3 is 3.00 bits per heavy atom. The second-order valence-electron chi connectivity index (χ2n) is 4.55. The molecule has 1 aromatic carbocycles. The Morgan fingerprint density at radius 1 is 1.42 bits per heavy atom. The summed E-state index contributed by atoms with van der Waals surface area (Å²) in [5, 5.41) is 4.87.